The molecule has 0 bridgehead atoms. The van der Waals surface area contributed by atoms with Gasteiger partial charge in [-0.25, -0.2) is 9.97 Å². The number of hydrogen-bond donors (Lipinski definition) is 0. The third kappa shape index (κ3) is 2.95. The predicted octanol–water partition coefficient (Wildman–Crippen LogP) is 2.85. The molecule has 1 aliphatic rings. The van der Waals surface area contributed by atoms with Gasteiger partial charge in [-0.2, -0.15) is 5.26 Å². The van der Waals surface area contributed by atoms with Gasteiger partial charge in [-0.15, -0.1) is 0 Å². The summed E-state index contributed by atoms with van der Waals surface area (Å²) < 4.78 is 0.820. The summed E-state index contributed by atoms with van der Waals surface area (Å²) in [7, 11) is 1.97. The molecule has 0 spiro atoms. The van der Waals surface area contributed by atoms with E-state index >= 15 is 0 Å². The Kier molecular flexibility index (Phi) is 3.63. The van der Waals surface area contributed by atoms with Crippen molar-refractivity contribution in [1.29, 1.82) is 5.26 Å². The van der Waals surface area contributed by atoms with Crippen LogP contribution in [0.25, 0.3) is 0 Å². The van der Waals surface area contributed by atoms with Crippen LogP contribution in [0.1, 0.15) is 37.9 Å². The maximum atomic E-state index is 8.72. The molecule has 17 heavy (non-hydrogen) atoms. The van der Waals surface area contributed by atoms with Gasteiger partial charge in [0.15, 0.2) is 0 Å². The van der Waals surface area contributed by atoms with Crippen molar-refractivity contribution in [3.8, 4) is 6.07 Å². The Balaban J connectivity index is 2.22. The Labute approximate surface area is 110 Å². The molecule has 1 fully saturated rings. The predicted molar refractivity (Wildman–Crippen MR) is 69.8 cm³/mol. The lowest BCUT2D eigenvalue weighted by Gasteiger charge is -2.24. The lowest BCUT2D eigenvalue weighted by molar-refractivity contribution is 0.688. The molecule has 1 heterocycles. The van der Waals surface area contributed by atoms with Gasteiger partial charge in [0.2, 0.25) is 0 Å². The molecule has 0 saturated heterocycles. The number of halogens is 1. The minimum absolute atomic E-state index is 0.161. The standard InChI is InChI=1S/C12H15BrN4/c1-8(5-6-14)17(2)11-7-10(13)15-12(16-11)9-3-4-9/h7-9H,3-5H2,1-2H3. The van der Waals surface area contributed by atoms with Crippen LogP contribution in [0.2, 0.25) is 0 Å². The Hall–Kier alpha value is -1.15. The maximum Gasteiger partial charge on any atom is 0.135 e. The molecule has 1 atom stereocenters. The highest BCUT2D eigenvalue weighted by Gasteiger charge is 2.27. The molecule has 2 rings (SSSR count). The first-order valence-electron chi connectivity index (χ1n) is 5.76. The molecule has 0 radical (unpaired) electrons. The van der Waals surface area contributed by atoms with Crippen molar-refractivity contribution in [2.24, 2.45) is 0 Å². The van der Waals surface area contributed by atoms with Crippen molar-refractivity contribution in [2.75, 3.05) is 11.9 Å². The van der Waals surface area contributed by atoms with E-state index in [1.54, 1.807) is 0 Å². The fourth-order valence-electron chi connectivity index (χ4n) is 1.62. The molecule has 4 nitrogen and oxygen atoms in total. The summed E-state index contributed by atoms with van der Waals surface area (Å²) in [6.07, 6.45) is 2.87. The molecule has 1 aromatic heterocycles. The molecule has 0 amide bonds. The van der Waals surface area contributed by atoms with Gasteiger partial charge in [0.05, 0.1) is 12.5 Å². The van der Waals surface area contributed by atoms with Crippen LogP contribution in [-0.4, -0.2) is 23.1 Å². The zero-order chi connectivity index (χ0) is 12.4. The Morgan fingerprint density at radius 2 is 2.29 bits per heavy atom. The Morgan fingerprint density at radius 3 is 2.88 bits per heavy atom. The van der Waals surface area contributed by atoms with Crippen LogP contribution >= 0.6 is 15.9 Å². The highest BCUT2D eigenvalue weighted by molar-refractivity contribution is 9.10. The van der Waals surface area contributed by atoms with E-state index in [1.807, 2.05) is 24.9 Å². The number of nitriles is 1. The second-order valence-corrected chi connectivity index (χ2v) is 5.32. The molecule has 90 valence electrons. The van der Waals surface area contributed by atoms with Gasteiger partial charge in [-0.05, 0) is 35.7 Å². The molecule has 0 aromatic carbocycles. The minimum atomic E-state index is 0.161. The van der Waals surface area contributed by atoms with E-state index in [9.17, 15) is 0 Å². The van der Waals surface area contributed by atoms with Crippen LogP contribution in [0.3, 0.4) is 0 Å². The fraction of sp³-hybridized carbons (Fsp3) is 0.583. The van der Waals surface area contributed by atoms with Gasteiger partial charge < -0.3 is 4.90 Å². The van der Waals surface area contributed by atoms with Crippen molar-refractivity contribution < 1.29 is 0 Å². The quantitative estimate of drug-likeness (QED) is 0.801. The number of nitrogens with zero attached hydrogens (tertiary/aromatic N) is 4. The maximum absolute atomic E-state index is 8.72. The van der Waals surface area contributed by atoms with E-state index in [-0.39, 0.29) is 6.04 Å². The van der Waals surface area contributed by atoms with E-state index < -0.39 is 0 Å². The topological polar surface area (TPSA) is 52.8 Å². The minimum Gasteiger partial charge on any atom is -0.356 e. The third-order valence-corrected chi connectivity index (χ3v) is 3.46. The van der Waals surface area contributed by atoms with Crippen LogP contribution in [-0.2, 0) is 0 Å². The van der Waals surface area contributed by atoms with Gasteiger partial charge in [-0.3, -0.25) is 0 Å². The van der Waals surface area contributed by atoms with Gasteiger partial charge in [0.25, 0.3) is 0 Å². The van der Waals surface area contributed by atoms with Crippen LogP contribution in [0.15, 0.2) is 10.7 Å². The number of anilines is 1. The van der Waals surface area contributed by atoms with Crippen LogP contribution in [0, 0.1) is 11.3 Å². The van der Waals surface area contributed by atoms with Crippen LogP contribution in [0.4, 0.5) is 5.82 Å². The van der Waals surface area contributed by atoms with Gasteiger partial charge >= 0.3 is 0 Å². The van der Waals surface area contributed by atoms with E-state index in [0.29, 0.717) is 12.3 Å². The van der Waals surface area contributed by atoms with E-state index in [2.05, 4.69) is 32.0 Å². The average molecular weight is 295 g/mol. The highest BCUT2D eigenvalue weighted by Crippen LogP contribution is 2.39. The molecule has 5 heteroatoms. The second kappa shape index (κ2) is 5.01. The first-order chi connectivity index (χ1) is 8.11. The second-order valence-electron chi connectivity index (χ2n) is 4.50. The summed E-state index contributed by atoms with van der Waals surface area (Å²) in [4.78, 5) is 11.0. The summed E-state index contributed by atoms with van der Waals surface area (Å²) in [5, 5.41) is 8.72. The summed E-state index contributed by atoms with van der Waals surface area (Å²) in [5.74, 6) is 2.34. The van der Waals surface area contributed by atoms with Gasteiger partial charge in [-0.1, -0.05) is 0 Å². The van der Waals surface area contributed by atoms with Gasteiger partial charge in [0, 0.05) is 25.1 Å². The highest BCUT2D eigenvalue weighted by atomic mass is 79.9. The number of rotatable bonds is 4. The molecule has 0 aliphatic heterocycles. The average Bonchev–Trinajstić information content (AvgIpc) is 3.11. The molecular formula is C12H15BrN4. The lowest BCUT2D eigenvalue weighted by atomic mass is 10.2. The van der Waals surface area contributed by atoms with Crippen LogP contribution < -0.4 is 4.90 Å². The Morgan fingerprint density at radius 1 is 1.59 bits per heavy atom. The SMILES string of the molecule is CC(CC#N)N(C)c1cc(Br)nc(C2CC2)n1. The first-order valence-corrected chi connectivity index (χ1v) is 6.55. The summed E-state index contributed by atoms with van der Waals surface area (Å²) >= 11 is 3.42. The molecule has 1 aliphatic carbocycles. The summed E-state index contributed by atoms with van der Waals surface area (Å²) in [5.41, 5.74) is 0. The van der Waals surface area contributed by atoms with Crippen molar-refractivity contribution in [3.63, 3.8) is 0 Å². The van der Waals surface area contributed by atoms with E-state index in [0.717, 1.165) is 16.2 Å². The lowest BCUT2D eigenvalue weighted by Crippen LogP contribution is -2.29. The van der Waals surface area contributed by atoms with E-state index in [1.165, 1.54) is 12.8 Å². The number of aromatic nitrogens is 2. The zero-order valence-electron chi connectivity index (χ0n) is 10.0. The first kappa shape index (κ1) is 12.3. The normalized spacial score (nSPS) is 16.4. The van der Waals surface area contributed by atoms with Crippen molar-refractivity contribution in [2.45, 2.75) is 38.1 Å². The molecular weight excluding hydrogens is 280 g/mol. The van der Waals surface area contributed by atoms with Gasteiger partial charge in [0.1, 0.15) is 16.2 Å². The molecule has 1 aromatic rings. The molecule has 1 unspecified atom stereocenters. The summed E-state index contributed by atoms with van der Waals surface area (Å²) in [6, 6.07) is 4.25. The fourth-order valence-corrected chi connectivity index (χ4v) is 2.01. The Bertz CT molecular complexity index is 450. The van der Waals surface area contributed by atoms with Crippen molar-refractivity contribution in [3.05, 3.63) is 16.5 Å². The van der Waals surface area contributed by atoms with Crippen molar-refractivity contribution in [1.82, 2.24) is 9.97 Å². The van der Waals surface area contributed by atoms with Crippen molar-refractivity contribution >= 4 is 21.7 Å². The monoisotopic (exact) mass is 294 g/mol. The third-order valence-electron chi connectivity index (χ3n) is 3.05. The zero-order valence-corrected chi connectivity index (χ0v) is 11.6. The summed E-state index contributed by atoms with van der Waals surface area (Å²) in [6.45, 7) is 2.02. The molecule has 0 N–H and O–H groups in total. The smallest absolute Gasteiger partial charge is 0.135 e. The van der Waals surface area contributed by atoms with E-state index in [4.69, 9.17) is 5.26 Å². The number of hydrogen-bond acceptors (Lipinski definition) is 4. The van der Waals surface area contributed by atoms with Crippen LogP contribution in [0.5, 0.6) is 0 Å². The largest absolute Gasteiger partial charge is 0.356 e. The molecule has 1 saturated carbocycles.